The zero-order valence-corrected chi connectivity index (χ0v) is 20.4. The molecule has 1 N–H and O–H groups in total. The summed E-state index contributed by atoms with van der Waals surface area (Å²) in [6, 6.07) is 4.35. The summed E-state index contributed by atoms with van der Waals surface area (Å²) in [6.45, 7) is 6.94. The van der Waals surface area contributed by atoms with Crippen molar-refractivity contribution < 1.29 is 9.47 Å². The van der Waals surface area contributed by atoms with Gasteiger partial charge in [0, 0.05) is 38.2 Å². The van der Waals surface area contributed by atoms with Gasteiger partial charge in [-0.2, -0.15) is 0 Å². The number of piperidine rings is 1. The summed E-state index contributed by atoms with van der Waals surface area (Å²) in [4.78, 5) is 8.33. The Hall–Kier alpha value is -0.380. The Balaban J connectivity index is 0.00000280. The summed E-state index contributed by atoms with van der Waals surface area (Å²) in [5.74, 6) is 1.62. The van der Waals surface area contributed by atoms with Crippen molar-refractivity contribution in [2.45, 2.75) is 57.7 Å². The Morgan fingerprint density at radius 3 is 2.82 bits per heavy atom. The molecule has 0 aromatic carbocycles. The lowest BCUT2D eigenvalue weighted by Gasteiger charge is -2.35. The van der Waals surface area contributed by atoms with Crippen molar-refractivity contribution in [3.05, 3.63) is 22.4 Å². The van der Waals surface area contributed by atoms with E-state index < -0.39 is 0 Å². The van der Waals surface area contributed by atoms with Crippen LogP contribution < -0.4 is 5.32 Å². The van der Waals surface area contributed by atoms with E-state index in [-0.39, 0.29) is 24.0 Å². The minimum Gasteiger partial charge on any atom is -0.376 e. The summed E-state index contributed by atoms with van der Waals surface area (Å²) in [5.41, 5.74) is 0. The number of hydrogen-bond acceptors (Lipinski definition) is 4. The largest absolute Gasteiger partial charge is 0.376 e. The number of likely N-dealkylation sites (tertiary alicyclic amines) is 1. The van der Waals surface area contributed by atoms with Gasteiger partial charge in [-0.3, -0.25) is 4.99 Å². The van der Waals surface area contributed by atoms with Crippen LogP contribution >= 0.6 is 35.3 Å². The van der Waals surface area contributed by atoms with Crippen LogP contribution in [0.1, 0.15) is 43.9 Å². The molecule has 28 heavy (non-hydrogen) atoms. The van der Waals surface area contributed by atoms with Gasteiger partial charge in [-0.1, -0.05) is 13.0 Å². The first-order chi connectivity index (χ1) is 13.2. The quantitative estimate of drug-likeness (QED) is 0.333. The van der Waals surface area contributed by atoms with E-state index in [1.54, 1.807) is 0 Å². The summed E-state index contributed by atoms with van der Waals surface area (Å²) < 4.78 is 11.9. The highest BCUT2D eigenvalue weighted by molar-refractivity contribution is 14.0. The molecule has 2 fully saturated rings. The van der Waals surface area contributed by atoms with Crippen molar-refractivity contribution in [3.63, 3.8) is 0 Å². The Morgan fingerprint density at radius 1 is 1.36 bits per heavy atom. The Bertz CT molecular complexity index is 556. The molecular weight excluding hydrogens is 485 g/mol. The van der Waals surface area contributed by atoms with Gasteiger partial charge in [-0.15, -0.1) is 35.3 Å². The van der Waals surface area contributed by atoms with Crippen LogP contribution in [0.2, 0.25) is 0 Å². The van der Waals surface area contributed by atoms with Crippen molar-refractivity contribution >= 4 is 41.3 Å². The average Bonchev–Trinajstić information content (AvgIpc) is 3.21. The molecule has 3 rings (SSSR count). The van der Waals surface area contributed by atoms with Crippen LogP contribution in [-0.2, 0) is 15.9 Å². The van der Waals surface area contributed by atoms with Crippen LogP contribution in [-0.4, -0.2) is 63.0 Å². The van der Waals surface area contributed by atoms with Gasteiger partial charge in [0.2, 0.25) is 0 Å². The van der Waals surface area contributed by atoms with Crippen molar-refractivity contribution in [1.82, 2.24) is 10.2 Å². The number of nitrogens with zero attached hydrogens (tertiary/aromatic N) is 2. The third kappa shape index (κ3) is 7.80. The van der Waals surface area contributed by atoms with Gasteiger partial charge in [0.1, 0.15) is 0 Å². The van der Waals surface area contributed by atoms with Gasteiger partial charge in [0.15, 0.2) is 5.96 Å². The van der Waals surface area contributed by atoms with Crippen LogP contribution in [0.4, 0.5) is 0 Å². The third-order valence-corrected chi connectivity index (χ3v) is 6.38. The van der Waals surface area contributed by atoms with Crippen molar-refractivity contribution in [1.29, 1.82) is 0 Å². The summed E-state index contributed by atoms with van der Waals surface area (Å²) in [6.07, 6.45) is 7.57. The van der Waals surface area contributed by atoms with E-state index in [0.717, 1.165) is 64.5 Å². The summed E-state index contributed by atoms with van der Waals surface area (Å²) >= 11 is 1.84. The minimum atomic E-state index is 0. The van der Waals surface area contributed by atoms with Crippen LogP contribution in [0.25, 0.3) is 0 Å². The molecule has 0 aliphatic carbocycles. The second-order valence-electron chi connectivity index (χ2n) is 7.83. The molecular formula is C21H36IN3O2S. The normalized spacial score (nSPS) is 22.6. The van der Waals surface area contributed by atoms with Gasteiger partial charge in [0.25, 0.3) is 0 Å². The van der Waals surface area contributed by atoms with Gasteiger partial charge in [-0.25, -0.2) is 0 Å². The molecule has 1 aromatic rings. The summed E-state index contributed by atoms with van der Waals surface area (Å²) in [7, 11) is 1.88. The molecule has 2 unspecified atom stereocenters. The van der Waals surface area contributed by atoms with Crippen molar-refractivity contribution in [3.8, 4) is 0 Å². The first-order valence-corrected chi connectivity index (χ1v) is 11.3. The average molecular weight is 522 g/mol. The van der Waals surface area contributed by atoms with Crippen molar-refractivity contribution in [2.75, 3.05) is 39.9 Å². The second-order valence-corrected chi connectivity index (χ2v) is 8.86. The molecule has 0 amide bonds. The lowest BCUT2D eigenvalue weighted by atomic mass is 10.1. The molecule has 2 atom stereocenters. The maximum absolute atomic E-state index is 6.13. The fourth-order valence-corrected chi connectivity index (χ4v) is 4.73. The zero-order chi connectivity index (χ0) is 18.9. The zero-order valence-electron chi connectivity index (χ0n) is 17.3. The molecule has 2 saturated heterocycles. The monoisotopic (exact) mass is 521 g/mol. The molecule has 0 bridgehead atoms. The highest BCUT2D eigenvalue weighted by Gasteiger charge is 2.24. The van der Waals surface area contributed by atoms with Gasteiger partial charge in [0.05, 0.1) is 18.8 Å². The van der Waals surface area contributed by atoms with E-state index >= 15 is 0 Å². The molecule has 0 radical (unpaired) electrons. The first-order valence-electron chi connectivity index (χ1n) is 10.5. The van der Waals surface area contributed by atoms with Crippen LogP contribution in [0.5, 0.6) is 0 Å². The standard InChI is InChI=1S/C21H35N3O2S.HI/c1-17(14-20-7-5-13-27-20)15-23-21(22-2)24-10-8-18(9-11-24)26-16-19-6-3-4-12-25-19;/h5,7,13,17-19H,3-4,6,8-12,14-16H2,1-2H3,(H,22,23);1H. The van der Waals surface area contributed by atoms with Crippen LogP contribution in [0.15, 0.2) is 22.5 Å². The van der Waals surface area contributed by atoms with E-state index in [9.17, 15) is 0 Å². The van der Waals surface area contributed by atoms with E-state index in [1.807, 2.05) is 18.4 Å². The second kappa shape index (κ2) is 13.0. The lowest BCUT2D eigenvalue weighted by Crippen LogP contribution is -2.48. The van der Waals surface area contributed by atoms with E-state index in [2.05, 4.69) is 39.6 Å². The number of nitrogens with one attached hydrogen (secondary N) is 1. The molecule has 2 aliphatic rings. The molecule has 7 heteroatoms. The van der Waals surface area contributed by atoms with Gasteiger partial charge in [-0.05, 0) is 55.9 Å². The predicted molar refractivity (Wildman–Crippen MR) is 128 cm³/mol. The number of halogens is 1. The van der Waals surface area contributed by atoms with Crippen LogP contribution in [0.3, 0.4) is 0 Å². The summed E-state index contributed by atoms with van der Waals surface area (Å²) in [5, 5.41) is 5.72. The Morgan fingerprint density at radius 2 is 2.18 bits per heavy atom. The number of rotatable bonds is 7. The van der Waals surface area contributed by atoms with Crippen LogP contribution in [0, 0.1) is 5.92 Å². The predicted octanol–water partition coefficient (Wildman–Crippen LogP) is 4.17. The molecule has 0 spiro atoms. The fourth-order valence-electron chi connectivity index (χ4n) is 3.86. The number of thiophene rings is 1. The van der Waals surface area contributed by atoms with Crippen molar-refractivity contribution in [2.24, 2.45) is 10.9 Å². The smallest absolute Gasteiger partial charge is 0.193 e. The number of hydrogen-bond donors (Lipinski definition) is 1. The molecule has 1 aromatic heterocycles. The highest BCUT2D eigenvalue weighted by Crippen LogP contribution is 2.18. The Labute approximate surface area is 191 Å². The number of aliphatic imine (C=N–C) groups is 1. The highest BCUT2D eigenvalue weighted by atomic mass is 127. The number of guanidine groups is 1. The fraction of sp³-hybridized carbons (Fsp3) is 0.762. The number of ether oxygens (including phenoxy) is 2. The Kier molecular flexibility index (Phi) is 11.1. The molecule has 3 heterocycles. The van der Waals surface area contributed by atoms with E-state index in [4.69, 9.17) is 9.47 Å². The van der Waals surface area contributed by atoms with E-state index in [0.29, 0.717) is 18.1 Å². The topological polar surface area (TPSA) is 46.1 Å². The lowest BCUT2D eigenvalue weighted by molar-refractivity contribution is -0.0721. The SMILES string of the molecule is CN=C(NCC(C)Cc1cccs1)N1CCC(OCC2CCCCO2)CC1.I. The first kappa shape index (κ1) is 23.9. The van der Waals surface area contributed by atoms with Gasteiger partial charge >= 0.3 is 0 Å². The molecule has 160 valence electrons. The molecule has 0 saturated carbocycles. The molecule has 2 aliphatic heterocycles. The minimum absolute atomic E-state index is 0. The van der Waals surface area contributed by atoms with E-state index in [1.165, 1.54) is 17.7 Å². The maximum atomic E-state index is 6.13. The maximum Gasteiger partial charge on any atom is 0.193 e. The molecule has 5 nitrogen and oxygen atoms in total. The van der Waals surface area contributed by atoms with Gasteiger partial charge < -0.3 is 19.7 Å². The third-order valence-electron chi connectivity index (χ3n) is 5.48.